The molecule has 2 aromatic carbocycles. The van der Waals surface area contributed by atoms with Crippen molar-refractivity contribution in [2.45, 2.75) is 17.4 Å². The van der Waals surface area contributed by atoms with E-state index in [4.69, 9.17) is 0 Å². The zero-order valence-electron chi connectivity index (χ0n) is 15.8. The molecule has 7 nitrogen and oxygen atoms in total. The smallest absolute Gasteiger partial charge is 0.232 e. The molecule has 0 bridgehead atoms. The van der Waals surface area contributed by atoms with Crippen LogP contribution in [-0.4, -0.2) is 43.4 Å². The number of rotatable bonds is 4. The number of carbonyl (C=O) groups is 2. The van der Waals surface area contributed by atoms with Crippen molar-refractivity contribution in [1.82, 2.24) is 9.88 Å². The van der Waals surface area contributed by atoms with Gasteiger partial charge in [-0.3, -0.25) is 9.59 Å². The largest absolute Gasteiger partial charge is 0.338 e. The van der Waals surface area contributed by atoms with E-state index < -0.39 is 15.8 Å². The summed E-state index contributed by atoms with van der Waals surface area (Å²) in [6.07, 6.45) is 1.28. The van der Waals surface area contributed by atoms with Crippen LogP contribution in [0.1, 0.15) is 18.0 Å². The van der Waals surface area contributed by atoms with E-state index in [-0.39, 0.29) is 29.2 Å². The molecule has 1 aliphatic heterocycles. The van der Waals surface area contributed by atoms with E-state index in [1.54, 1.807) is 24.1 Å². The van der Waals surface area contributed by atoms with E-state index in [9.17, 15) is 18.0 Å². The molecule has 1 aromatic heterocycles. The first-order chi connectivity index (χ1) is 13.7. The summed E-state index contributed by atoms with van der Waals surface area (Å²) in [5, 5.41) is 3.19. The second kappa shape index (κ2) is 7.23. The zero-order chi connectivity index (χ0) is 20.8. The Morgan fingerprint density at radius 2 is 1.93 bits per heavy atom. The Morgan fingerprint density at radius 1 is 1.21 bits per heavy atom. The molecule has 1 aliphatic rings. The van der Waals surface area contributed by atoms with E-state index in [1.807, 2.05) is 30.3 Å². The van der Waals surface area contributed by atoms with Crippen molar-refractivity contribution in [1.29, 1.82) is 0 Å². The number of hydrogen-bond acceptors (Lipinski definition) is 6. The molecule has 1 N–H and O–H groups in total. The molecule has 2 amide bonds. The molecule has 1 saturated heterocycles. The predicted octanol–water partition coefficient (Wildman–Crippen LogP) is 2.86. The molecule has 4 rings (SSSR count). The third-order valence-corrected chi connectivity index (χ3v) is 7.13. The minimum absolute atomic E-state index is 0.0823. The predicted molar refractivity (Wildman–Crippen MR) is 111 cm³/mol. The zero-order valence-corrected chi connectivity index (χ0v) is 17.5. The van der Waals surface area contributed by atoms with Crippen LogP contribution in [0.25, 0.3) is 10.2 Å². The summed E-state index contributed by atoms with van der Waals surface area (Å²) in [6.45, 7) is 0. The molecule has 0 spiro atoms. The highest BCUT2D eigenvalue weighted by Gasteiger charge is 2.42. The average Bonchev–Trinajstić information content (AvgIpc) is 3.21. The van der Waals surface area contributed by atoms with Crippen LogP contribution in [-0.2, 0) is 19.4 Å². The fourth-order valence-electron chi connectivity index (χ4n) is 3.60. The van der Waals surface area contributed by atoms with Gasteiger partial charge in [-0.2, -0.15) is 0 Å². The van der Waals surface area contributed by atoms with E-state index >= 15 is 0 Å². The Kier molecular flexibility index (Phi) is 4.87. The summed E-state index contributed by atoms with van der Waals surface area (Å²) in [6, 6.07) is 13.8. The van der Waals surface area contributed by atoms with Crippen molar-refractivity contribution in [3.63, 3.8) is 0 Å². The van der Waals surface area contributed by atoms with E-state index in [0.29, 0.717) is 15.3 Å². The van der Waals surface area contributed by atoms with Gasteiger partial charge in [-0.25, -0.2) is 13.4 Å². The first-order valence-electron chi connectivity index (χ1n) is 8.96. The summed E-state index contributed by atoms with van der Waals surface area (Å²) >= 11 is 1.21. The third-order valence-electron chi connectivity index (χ3n) is 5.08. The number of thiazole rings is 1. The third kappa shape index (κ3) is 3.75. The molecule has 0 unspecified atom stereocenters. The van der Waals surface area contributed by atoms with Gasteiger partial charge < -0.3 is 10.2 Å². The number of nitrogens with zero attached hydrogens (tertiary/aromatic N) is 2. The lowest BCUT2D eigenvalue weighted by atomic mass is 9.93. The number of sulfone groups is 1. The van der Waals surface area contributed by atoms with Crippen molar-refractivity contribution < 1.29 is 18.0 Å². The summed E-state index contributed by atoms with van der Waals surface area (Å²) in [4.78, 5) is 31.4. The minimum atomic E-state index is -3.32. The first kappa shape index (κ1) is 19.5. The van der Waals surface area contributed by atoms with Gasteiger partial charge in [-0.15, -0.1) is 0 Å². The fourth-order valence-corrected chi connectivity index (χ4v) is 5.23. The van der Waals surface area contributed by atoms with Crippen molar-refractivity contribution >= 4 is 48.3 Å². The van der Waals surface area contributed by atoms with Crippen molar-refractivity contribution in [2.75, 3.05) is 18.6 Å². The van der Waals surface area contributed by atoms with Crippen LogP contribution in [0.15, 0.2) is 53.4 Å². The number of hydrogen-bond donors (Lipinski definition) is 1. The molecule has 2 heterocycles. The summed E-state index contributed by atoms with van der Waals surface area (Å²) in [7, 11) is -1.62. The van der Waals surface area contributed by atoms with Crippen molar-refractivity contribution in [2.24, 2.45) is 5.92 Å². The Balaban J connectivity index is 1.60. The maximum atomic E-state index is 13.0. The van der Waals surface area contributed by atoms with Gasteiger partial charge in [-0.05, 0) is 23.8 Å². The summed E-state index contributed by atoms with van der Waals surface area (Å²) in [5.74, 6) is -0.895. The molecule has 0 radical (unpaired) electrons. The topological polar surface area (TPSA) is 96.4 Å². The standard InChI is InChI=1S/C20H19N3O4S2/c1-23-17(24)11-14(18(23)12-6-4-3-5-7-12)19(25)22-20-21-15-9-8-13(29(2,26)27)10-16(15)28-20/h3-10,14,18H,11H2,1-2H3,(H,21,22,25)/t14-,18-/m0/s1. The highest BCUT2D eigenvalue weighted by atomic mass is 32.2. The Labute approximate surface area is 172 Å². The molecule has 2 atom stereocenters. The lowest BCUT2D eigenvalue weighted by Crippen LogP contribution is -2.29. The normalized spacial score (nSPS) is 19.7. The second-order valence-corrected chi connectivity index (χ2v) is 10.1. The SMILES string of the molecule is CN1C(=O)C[C@H](C(=O)Nc2nc3ccc(S(C)(=O)=O)cc3s2)[C@@H]1c1ccccc1. The van der Waals surface area contributed by atoms with E-state index in [2.05, 4.69) is 10.3 Å². The Morgan fingerprint density at radius 3 is 2.62 bits per heavy atom. The lowest BCUT2D eigenvalue weighted by Gasteiger charge is -2.24. The number of anilines is 1. The molecule has 0 saturated carbocycles. The van der Waals surface area contributed by atoms with Crippen LogP contribution in [0.4, 0.5) is 5.13 Å². The van der Waals surface area contributed by atoms with Crippen molar-refractivity contribution in [3.8, 4) is 0 Å². The van der Waals surface area contributed by atoms with E-state index in [0.717, 1.165) is 11.8 Å². The highest BCUT2D eigenvalue weighted by Crippen LogP contribution is 2.38. The van der Waals surface area contributed by atoms with Crippen LogP contribution in [0.5, 0.6) is 0 Å². The maximum absolute atomic E-state index is 13.0. The van der Waals surface area contributed by atoms with Gasteiger partial charge in [-0.1, -0.05) is 41.7 Å². The summed E-state index contributed by atoms with van der Waals surface area (Å²) in [5.41, 5.74) is 1.51. The van der Waals surface area contributed by atoms with Gasteiger partial charge in [0.15, 0.2) is 15.0 Å². The fraction of sp³-hybridized carbons (Fsp3) is 0.250. The molecule has 0 aliphatic carbocycles. The van der Waals surface area contributed by atoms with Gasteiger partial charge >= 0.3 is 0 Å². The number of fused-ring (bicyclic) bond motifs is 1. The van der Waals surface area contributed by atoms with Crippen LogP contribution in [0.2, 0.25) is 0 Å². The number of amides is 2. The number of nitrogens with one attached hydrogen (secondary N) is 1. The minimum Gasteiger partial charge on any atom is -0.338 e. The van der Waals surface area contributed by atoms with Gasteiger partial charge in [0.1, 0.15) is 0 Å². The van der Waals surface area contributed by atoms with E-state index in [1.165, 1.54) is 17.4 Å². The number of likely N-dealkylation sites (tertiary alicyclic amines) is 1. The monoisotopic (exact) mass is 429 g/mol. The maximum Gasteiger partial charge on any atom is 0.232 e. The van der Waals surface area contributed by atoms with Crippen molar-refractivity contribution in [3.05, 3.63) is 54.1 Å². The van der Waals surface area contributed by atoms with Gasteiger partial charge in [0.2, 0.25) is 11.8 Å². The summed E-state index contributed by atoms with van der Waals surface area (Å²) < 4.78 is 24.2. The van der Waals surface area contributed by atoms with Gasteiger partial charge in [0, 0.05) is 19.7 Å². The molecular weight excluding hydrogens is 410 g/mol. The van der Waals surface area contributed by atoms with Gasteiger partial charge in [0.05, 0.1) is 27.1 Å². The van der Waals surface area contributed by atoms with Crippen LogP contribution in [0.3, 0.4) is 0 Å². The molecule has 3 aromatic rings. The molecule has 29 heavy (non-hydrogen) atoms. The quantitative estimate of drug-likeness (QED) is 0.688. The second-order valence-electron chi connectivity index (χ2n) is 7.08. The molecule has 1 fully saturated rings. The van der Waals surface area contributed by atoms with Crippen LogP contribution < -0.4 is 5.32 Å². The molecular formula is C20H19N3O4S2. The number of aromatic nitrogens is 1. The van der Waals surface area contributed by atoms with Crippen LogP contribution in [0, 0.1) is 5.92 Å². The number of carbonyl (C=O) groups excluding carboxylic acids is 2. The van der Waals surface area contributed by atoms with Crippen LogP contribution >= 0.6 is 11.3 Å². The first-order valence-corrected chi connectivity index (χ1v) is 11.7. The highest BCUT2D eigenvalue weighted by molar-refractivity contribution is 7.90. The Hall–Kier alpha value is -2.78. The lowest BCUT2D eigenvalue weighted by molar-refractivity contribution is -0.127. The molecule has 150 valence electrons. The average molecular weight is 430 g/mol. The number of benzene rings is 2. The Bertz CT molecular complexity index is 1200. The van der Waals surface area contributed by atoms with Gasteiger partial charge in [0.25, 0.3) is 0 Å². The molecule has 9 heteroatoms.